The Bertz CT molecular complexity index is 1340. The Morgan fingerprint density at radius 3 is 2.68 bits per heavy atom. The lowest BCUT2D eigenvalue weighted by atomic mass is 10.1. The van der Waals surface area contributed by atoms with E-state index in [2.05, 4.69) is 37.1 Å². The monoisotopic (exact) mass is 455 g/mol. The van der Waals surface area contributed by atoms with Crippen molar-refractivity contribution in [3.63, 3.8) is 0 Å². The van der Waals surface area contributed by atoms with Crippen LogP contribution < -0.4 is 15.0 Å². The highest BCUT2D eigenvalue weighted by molar-refractivity contribution is 6.04. The molecule has 4 aromatic rings. The lowest BCUT2D eigenvalue weighted by molar-refractivity contribution is 0.102. The normalized spacial score (nSPS) is 14.2. The average molecular weight is 456 g/mol. The van der Waals surface area contributed by atoms with Crippen LogP contribution in [0.25, 0.3) is 22.2 Å². The fourth-order valence-corrected chi connectivity index (χ4v) is 3.87. The summed E-state index contributed by atoms with van der Waals surface area (Å²) in [6.45, 7) is 3.72. The number of rotatable bonds is 5. The molecule has 9 nitrogen and oxygen atoms in total. The van der Waals surface area contributed by atoms with Gasteiger partial charge in [0, 0.05) is 67.3 Å². The SMILES string of the molecule is COc1cncc(-c2ccc3cnc(NC(=O)c4ccnc(N5CCN(C)CC5)c4)cc3n2)c1. The van der Waals surface area contributed by atoms with Crippen LogP contribution in [0, 0.1) is 0 Å². The van der Waals surface area contributed by atoms with Crippen LogP contribution in [-0.4, -0.2) is 71.1 Å². The summed E-state index contributed by atoms with van der Waals surface area (Å²) in [6, 6.07) is 11.0. The largest absolute Gasteiger partial charge is 0.495 e. The number of pyridine rings is 4. The highest BCUT2D eigenvalue weighted by Gasteiger charge is 2.17. The molecule has 5 heterocycles. The van der Waals surface area contributed by atoms with Crippen molar-refractivity contribution in [2.75, 3.05) is 50.6 Å². The number of aromatic nitrogens is 4. The topological polar surface area (TPSA) is 96.4 Å². The molecule has 1 amide bonds. The smallest absolute Gasteiger partial charge is 0.257 e. The molecule has 0 spiro atoms. The number of methoxy groups -OCH3 is 1. The number of amides is 1. The second-order valence-corrected chi connectivity index (χ2v) is 8.22. The predicted molar refractivity (Wildman–Crippen MR) is 131 cm³/mol. The summed E-state index contributed by atoms with van der Waals surface area (Å²) in [5, 5.41) is 3.76. The number of piperazine rings is 1. The van der Waals surface area contributed by atoms with Gasteiger partial charge in [0.1, 0.15) is 17.4 Å². The summed E-state index contributed by atoms with van der Waals surface area (Å²) in [5.74, 6) is 1.67. The van der Waals surface area contributed by atoms with Gasteiger partial charge in [-0.15, -0.1) is 0 Å². The van der Waals surface area contributed by atoms with Crippen molar-refractivity contribution in [1.82, 2.24) is 24.8 Å². The third-order valence-electron chi connectivity index (χ3n) is 5.89. The van der Waals surface area contributed by atoms with E-state index in [0.717, 1.165) is 54.2 Å². The zero-order valence-corrected chi connectivity index (χ0v) is 19.1. The van der Waals surface area contributed by atoms with Crippen LogP contribution >= 0.6 is 0 Å². The minimum Gasteiger partial charge on any atom is -0.495 e. The summed E-state index contributed by atoms with van der Waals surface area (Å²) < 4.78 is 5.26. The number of carbonyl (C=O) groups excluding carboxylic acids is 1. The van der Waals surface area contributed by atoms with Gasteiger partial charge in [-0.05, 0) is 37.4 Å². The zero-order valence-electron chi connectivity index (χ0n) is 19.1. The van der Waals surface area contributed by atoms with Gasteiger partial charge >= 0.3 is 0 Å². The van der Waals surface area contributed by atoms with E-state index in [9.17, 15) is 4.79 Å². The minimum atomic E-state index is -0.238. The third-order valence-corrected chi connectivity index (χ3v) is 5.89. The number of hydrogen-bond acceptors (Lipinski definition) is 8. The van der Waals surface area contributed by atoms with E-state index in [-0.39, 0.29) is 5.91 Å². The Kier molecular flexibility index (Phi) is 6.01. The van der Waals surface area contributed by atoms with Gasteiger partial charge < -0.3 is 19.9 Å². The molecule has 0 atom stereocenters. The maximum atomic E-state index is 12.9. The molecule has 172 valence electrons. The molecule has 0 aliphatic carbocycles. The van der Waals surface area contributed by atoms with Crippen molar-refractivity contribution in [3.05, 3.63) is 66.7 Å². The fourth-order valence-electron chi connectivity index (χ4n) is 3.87. The molecule has 5 rings (SSSR count). The highest BCUT2D eigenvalue weighted by Crippen LogP contribution is 2.24. The van der Waals surface area contributed by atoms with Gasteiger partial charge in [0.25, 0.3) is 5.91 Å². The van der Waals surface area contributed by atoms with Crippen LogP contribution in [0.4, 0.5) is 11.6 Å². The number of likely N-dealkylation sites (N-methyl/N-ethyl adjacent to an activating group) is 1. The summed E-state index contributed by atoms with van der Waals surface area (Å²) in [5.41, 5.74) is 2.86. The summed E-state index contributed by atoms with van der Waals surface area (Å²) >= 11 is 0. The second kappa shape index (κ2) is 9.40. The molecular formula is C25H25N7O2. The van der Waals surface area contributed by atoms with Gasteiger partial charge in [0.2, 0.25) is 0 Å². The molecule has 0 radical (unpaired) electrons. The molecule has 4 aromatic heterocycles. The Morgan fingerprint density at radius 1 is 1.00 bits per heavy atom. The Labute approximate surface area is 197 Å². The number of nitrogens with zero attached hydrogens (tertiary/aromatic N) is 6. The zero-order chi connectivity index (χ0) is 23.5. The lowest BCUT2D eigenvalue weighted by Gasteiger charge is -2.33. The maximum absolute atomic E-state index is 12.9. The number of anilines is 2. The molecule has 1 aliphatic rings. The van der Waals surface area contributed by atoms with Crippen LogP contribution in [-0.2, 0) is 0 Å². The quantitative estimate of drug-likeness (QED) is 0.490. The Balaban J connectivity index is 1.36. The predicted octanol–water partition coefficient (Wildman–Crippen LogP) is 3.10. The first-order valence-corrected chi connectivity index (χ1v) is 11.1. The second-order valence-electron chi connectivity index (χ2n) is 8.22. The third kappa shape index (κ3) is 4.65. The first-order chi connectivity index (χ1) is 16.6. The number of hydrogen-bond donors (Lipinski definition) is 1. The van der Waals surface area contributed by atoms with E-state index in [0.29, 0.717) is 17.1 Å². The lowest BCUT2D eigenvalue weighted by Crippen LogP contribution is -2.44. The minimum absolute atomic E-state index is 0.238. The van der Waals surface area contributed by atoms with Gasteiger partial charge in [-0.2, -0.15) is 0 Å². The van der Waals surface area contributed by atoms with Crippen molar-refractivity contribution in [3.8, 4) is 17.0 Å². The molecule has 9 heteroatoms. The summed E-state index contributed by atoms with van der Waals surface area (Å²) in [4.78, 5) is 35.2. The molecule has 34 heavy (non-hydrogen) atoms. The summed E-state index contributed by atoms with van der Waals surface area (Å²) in [6.07, 6.45) is 6.76. The molecule has 1 fully saturated rings. The van der Waals surface area contributed by atoms with Crippen molar-refractivity contribution in [2.24, 2.45) is 0 Å². The number of ether oxygens (including phenoxy) is 1. The van der Waals surface area contributed by atoms with Crippen molar-refractivity contribution in [2.45, 2.75) is 0 Å². The maximum Gasteiger partial charge on any atom is 0.257 e. The Hall–Kier alpha value is -4.11. The van der Waals surface area contributed by atoms with Gasteiger partial charge in [-0.3, -0.25) is 9.78 Å². The molecule has 0 bridgehead atoms. The van der Waals surface area contributed by atoms with Crippen molar-refractivity contribution < 1.29 is 9.53 Å². The Morgan fingerprint density at radius 2 is 1.85 bits per heavy atom. The molecule has 1 saturated heterocycles. The van der Waals surface area contributed by atoms with Crippen LogP contribution in [0.15, 0.2) is 61.2 Å². The number of nitrogens with one attached hydrogen (secondary N) is 1. The van der Waals surface area contributed by atoms with E-state index in [1.54, 1.807) is 44.0 Å². The van der Waals surface area contributed by atoms with Gasteiger partial charge in [-0.1, -0.05) is 0 Å². The van der Waals surface area contributed by atoms with Gasteiger partial charge in [0.05, 0.1) is 24.5 Å². The van der Waals surface area contributed by atoms with Gasteiger partial charge in [-0.25, -0.2) is 15.0 Å². The molecule has 0 saturated carbocycles. The van der Waals surface area contributed by atoms with E-state index in [1.807, 2.05) is 24.3 Å². The fraction of sp³-hybridized carbons (Fsp3) is 0.240. The summed E-state index contributed by atoms with van der Waals surface area (Å²) in [7, 11) is 3.71. The first-order valence-electron chi connectivity index (χ1n) is 11.1. The van der Waals surface area contributed by atoms with Crippen molar-refractivity contribution >= 4 is 28.4 Å². The van der Waals surface area contributed by atoms with Crippen LogP contribution in [0.2, 0.25) is 0 Å². The first kappa shape index (κ1) is 21.7. The van der Waals surface area contributed by atoms with E-state index < -0.39 is 0 Å². The molecule has 1 N–H and O–H groups in total. The number of carbonyl (C=O) groups is 1. The van der Waals surface area contributed by atoms with E-state index in [1.165, 1.54) is 0 Å². The highest BCUT2D eigenvalue weighted by atomic mass is 16.5. The number of fused-ring (bicyclic) bond motifs is 1. The molecule has 1 aliphatic heterocycles. The molecule has 0 unspecified atom stereocenters. The standard InChI is InChI=1S/C25H25N7O2/c1-31-7-9-32(10-8-31)24-12-17(5-6-27-24)25(33)30-23-13-22-18(15-28-23)3-4-21(29-22)19-11-20(34-2)16-26-14-19/h3-6,11-16H,7-10H2,1-2H3,(H,28,30,33). The van der Waals surface area contributed by atoms with E-state index in [4.69, 9.17) is 9.72 Å². The average Bonchev–Trinajstić information content (AvgIpc) is 2.89. The van der Waals surface area contributed by atoms with Crippen LogP contribution in [0.1, 0.15) is 10.4 Å². The van der Waals surface area contributed by atoms with Crippen LogP contribution in [0.3, 0.4) is 0 Å². The molecular weight excluding hydrogens is 430 g/mol. The molecule has 0 aromatic carbocycles. The van der Waals surface area contributed by atoms with Crippen molar-refractivity contribution in [1.29, 1.82) is 0 Å². The van der Waals surface area contributed by atoms with E-state index >= 15 is 0 Å². The van der Waals surface area contributed by atoms with Crippen LogP contribution in [0.5, 0.6) is 5.75 Å². The van der Waals surface area contributed by atoms with Gasteiger partial charge in [0.15, 0.2) is 0 Å².